The topological polar surface area (TPSA) is 79.2 Å². The standard InChI is InChI=1S/C16H16O5/c1-20-15-7-11(18)5-14(19)13(15)4-9-8-21-16-6-10(17)2-3-12(9)16/h2-3,5-7,9,17-19H,4,8H2,1H3. The molecule has 0 radical (unpaired) electrons. The Labute approximate surface area is 122 Å². The van der Waals surface area contributed by atoms with E-state index in [-0.39, 0.29) is 23.2 Å². The molecule has 1 atom stereocenters. The van der Waals surface area contributed by atoms with Crippen molar-refractivity contribution < 1.29 is 24.8 Å². The smallest absolute Gasteiger partial charge is 0.129 e. The predicted octanol–water partition coefficient (Wildman–Crippen LogP) is 2.53. The predicted molar refractivity (Wildman–Crippen MR) is 76.4 cm³/mol. The van der Waals surface area contributed by atoms with Gasteiger partial charge in [-0.15, -0.1) is 0 Å². The van der Waals surface area contributed by atoms with E-state index in [4.69, 9.17) is 9.47 Å². The van der Waals surface area contributed by atoms with Crippen molar-refractivity contribution in [3.63, 3.8) is 0 Å². The van der Waals surface area contributed by atoms with Gasteiger partial charge in [-0.3, -0.25) is 0 Å². The van der Waals surface area contributed by atoms with Gasteiger partial charge in [-0.05, 0) is 12.5 Å². The van der Waals surface area contributed by atoms with Crippen LogP contribution in [0.25, 0.3) is 0 Å². The number of hydrogen-bond acceptors (Lipinski definition) is 5. The van der Waals surface area contributed by atoms with E-state index < -0.39 is 0 Å². The Morgan fingerprint density at radius 2 is 1.95 bits per heavy atom. The van der Waals surface area contributed by atoms with Crippen LogP contribution < -0.4 is 9.47 Å². The number of aromatic hydroxyl groups is 3. The first-order chi connectivity index (χ1) is 10.1. The number of fused-ring (bicyclic) bond motifs is 1. The van der Waals surface area contributed by atoms with Crippen LogP contribution in [-0.2, 0) is 6.42 Å². The van der Waals surface area contributed by atoms with Crippen LogP contribution >= 0.6 is 0 Å². The zero-order valence-corrected chi connectivity index (χ0v) is 11.5. The number of rotatable bonds is 3. The van der Waals surface area contributed by atoms with Crippen LogP contribution in [0.1, 0.15) is 17.0 Å². The molecule has 1 aliphatic heterocycles. The molecular formula is C16H16O5. The number of benzene rings is 2. The quantitative estimate of drug-likeness (QED) is 0.809. The summed E-state index contributed by atoms with van der Waals surface area (Å²) in [5.41, 5.74) is 1.62. The lowest BCUT2D eigenvalue weighted by atomic mass is 9.92. The monoisotopic (exact) mass is 288 g/mol. The molecule has 0 spiro atoms. The minimum atomic E-state index is -0.0407. The third kappa shape index (κ3) is 2.42. The van der Waals surface area contributed by atoms with Crippen molar-refractivity contribution in [2.45, 2.75) is 12.3 Å². The molecule has 1 aliphatic rings. The summed E-state index contributed by atoms with van der Waals surface area (Å²) in [6, 6.07) is 7.80. The largest absolute Gasteiger partial charge is 0.508 e. The molecule has 110 valence electrons. The Hall–Kier alpha value is -2.56. The Morgan fingerprint density at radius 3 is 2.71 bits per heavy atom. The van der Waals surface area contributed by atoms with Crippen molar-refractivity contribution in [3.05, 3.63) is 41.5 Å². The van der Waals surface area contributed by atoms with Gasteiger partial charge in [0, 0.05) is 35.2 Å². The van der Waals surface area contributed by atoms with Crippen LogP contribution in [-0.4, -0.2) is 29.0 Å². The normalized spacial score (nSPS) is 16.3. The molecule has 0 bridgehead atoms. The number of hydrogen-bond donors (Lipinski definition) is 3. The van der Waals surface area contributed by atoms with Crippen molar-refractivity contribution in [2.75, 3.05) is 13.7 Å². The molecule has 2 aromatic rings. The minimum Gasteiger partial charge on any atom is -0.508 e. The maximum Gasteiger partial charge on any atom is 0.129 e. The Bertz CT molecular complexity index is 681. The van der Waals surface area contributed by atoms with Gasteiger partial charge >= 0.3 is 0 Å². The van der Waals surface area contributed by atoms with E-state index in [1.807, 2.05) is 6.07 Å². The molecule has 3 N–H and O–H groups in total. The molecule has 1 heterocycles. The molecule has 0 saturated heterocycles. The molecule has 2 aromatic carbocycles. The highest BCUT2D eigenvalue weighted by Gasteiger charge is 2.27. The van der Waals surface area contributed by atoms with Crippen molar-refractivity contribution in [1.29, 1.82) is 0 Å². The molecular weight excluding hydrogens is 272 g/mol. The molecule has 0 fully saturated rings. The highest BCUT2D eigenvalue weighted by molar-refractivity contribution is 5.52. The lowest BCUT2D eigenvalue weighted by Crippen LogP contribution is -2.06. The summed E-state index contributed by atoms with van der Waals surface area (Å²) in [7, 11) is 1.49. The molecule has 1 unspecified atom stereocenters. The van der Waals surface area contributed by atoms with E-state index >= 15 is 0 Å². The van der Waals surface area contributed by atoms with E-state index in [1.54, 1.807) is 12.1 Å². The summed E-state index contributed by atoms with van der Waals surface area (Å²) >= 11 is 0. The van der Waals surface area contributed by atoms with Crippen LogP contribution in [0.2, 0.25) is 0 Å². The average molecular weight is 288 g/mol. The van der Waals surface area contributed by atoms with E-state index in [2.05, 4.69) is 0 Å². The molecule has 21 heavy (non-hydrogen) atoms. The van der Waals surface area contributed by atoms with E-state index in [9.17, 15) is 15.3 Å². The molecule has 3 rings (SSSR count). The van der Waals surface area contributed by atoms with Gasteiger partial charge in [0.15, 0.2) is 0 Å². The summed E-state index contributed by atoms with van der Waals surface area (Å²) in [5.74, 6) is 1.29. The van der Waals surface area contributed by atoms with Gasteiger partial charge in [-0.1, -0.05) is 6.07 Å². The molecule has 5 heteroatoms. The fraction of sp³-hybridized carbons (Fsp3) is 0.250. The summed E-state index contributed by atoms with van der Waals surface area (Å²) in [4.78, 5) is 0. The SMILES string of the molecule is COc1cc(O)cc(O)c1CC1COc2cc(O)ccc21. The van der Waals surface area contributed by atoms with Crippen molar-refractivity contribution in [3.8, 4) is 28.7 Å². The maximum absolute atomic E-state index is 10.0. The van der Waals surface area contributed by atoms with Gasteiger partial charge in [0.05, 0.1) is 13.7 Å². The van der Waals surface area contributed by atoms with Crippen LogP contribution in [0.15, 0.2) is 30.3 Å². The highest BCUT2D eigenvalue weighted by atomic mass is 16.5. The summed E-state index contributed by atoms with van der Waals surface area (Å²) in [6.07, 6.45) is 0.521. The number of ether oxygens (including phenoxy) is 2. The average Bonchev–Trinajstić information content (AvgIpc) is 2.83. The van der Waals surface area contributed by atoms with E-state index in [1.165, 1.54) is 19.2 Å². The Morgan fingerprint density at radius 1 is 1.14 bits per heavy atom. The third-order valence-corrected chi connectivity index (χ3v) is 3.72. The lowest BCUT2D eigenvalue weighted by molar-refractivity contribution is 0.325. The van der Waals surface area contributed by atoms with Gasteiger partial charge in [0.2, 0.25) is 0 Å². The lowest BCUT2D eigenvalue weighted by Gasteiger charge is -2.14. The fourth-order valence-electron chi connectivity index (χ4n) is 2.68. The summed E-state index contributed by atoms with van der Waals surface area (Å²) in [5, 5.41) is 29.0. The minimum absolute atomic E-state index is 0.000853. The second-order valence-corrected chi connectivity index (χ2v) is 5.08. The highest BCUT2D eigenvalue weighted by Crippen LogP contribution is 2.42. The van der Waals surface area contributed by atoms with Crippen LogP contribution in [0, 0.1) is 0 Å². The van der Waals surface area contributed by atoms with E-state index in [0.29, 0.717) is 30.1 Å². The molecule has 0 amide bonds. The fourth-order valence-corrected chi connectivity index (χ4v) is 2.68. The van der Waals surface area contributed by atoms with Gasteiger partial charge in [0.25, 0.3) is 0 Å². The Balaban J connectivity index is 1.93. The second-order valence-electron chi connectivity index (χ2n) is 5.08. The first-order valence-electron chi connectivity index (χ1n) is 6.63. The summed E-state index contributed by atoms with van der Waals surface area (Å²) in [6.45, 7) is 0.474. The van der Waals surface area contributed by atoms with Crippen molar-refractivity contribution in [2.24, 2.45) is 0 Å². The zero-order chi connectivity index (χ0) is 15.0. The summed E-state index contributed by atoms with van der Waals surface area (Å²) < 4.78 is 10.8. The zero-order valence-electron chi connectivity index (χ0n) is 11.5. The van der Waals surface area contributed by atoms with Gasteiger partial charge < -0.3 is 24.8 Å². The van der Waals surface area contributed by atoms with Gasteiger partial charge in [0.1, 0.15) is 28.7 Å². The molecule has 0 aliphatic carbocycles. The van der Waals surface area contributed by atoms with Crippen molar-refractivity contribution in [1.82, 2.24) is 0 Å². The second kappa shape index (κ2) is 5.09. The number of phenols is 3. The van der Waals surface area contributed by atoms with Crippen LogP contribution in [0.3, 0.4) is 0 Å². The first kappa shape index (κ1) is 13.4. The molecule has 0 aromatic heterocycles. The number of phenolic OH excluding ortho intramolecular Hbond substituents is 3. The van der Waals surface area contributed by atoms with Crippen LogP contribution in [0.4, 0.5) is 0 Å². The third-order valence-electron chi connectivity index (χ3n) is 3.72. The Kier molecular flexibility index (Phi) is 3.25. The first-order valence-corrected chi connectivity index (χ1v) is 6.63. The van der Waals surface area contributed by atoms with Gasteiger partial charge in [-0.25, -0.2) is 0 Å². The van der Waals surface area contributed by atoms with Crippen molar-refractivity contribution >= 4 is 0 Å². The van der Waals surface area contributed by atoms with Gasteiger partial charge in [-0.2, -0.15) is 0 Å². The molecule has 0 saturated carbocycles. The maximum atomic E-state index is 10.0. The van der Waals surface area contributed by atoms with Crippen LogP contribution in [0.5, 0.6) is 28.7 Å². The van der Waals surface area contributed by atoms with E-state index in [0.717, 1.165) is 5.56 Å². The molecule has 5 nitrogen and oxygen atoms in total. The number of methoxy groups -OCH3 is 1.